The normalized spacial score (nSPS) is 25.8. The number of carbonyl (C=O) groups is 2. The molecule has 26 heavy (non-hydrogen) atoms. The zero-order valence-corrected chi connectivity index (χ0v) is 14.4. The highest BCUT2D eigenvalue weighted by Crippen LogP contribution is 2.48. The molecule has 8 heteroatoms. The van der Waals surface area contributed by atoms with Gasteiger partial charge in [0.25, 0.3) is 0 Å². The van der Waals surface area contributed by atoms with Gasteiger partial charge in [0.2, 0.25) is 6.79 Å². The lowest BCUT2D eigenvalue weighted by molar-refractivity contribution is -0.149. The van der Waals surface area contributed by atoms with Crippen LogP contribution >= 0.6 is 0 Å². The molecule has 1 saturated carbocycles. The van der Waals surface area contributed by atoms with Crippen molar-refractivity contribution in [2.24, 2.45) is 11.3 Å². The molecule has 1 saturated heterocycles. The molecule has 2 amide bonds. The maximum atomic E-state index is 12.3. The number of carboxylic acids is 1. The predicted molar refractivity (Wildman–Crippen MR) is 90.4 cm³/mol. The predicted octanol–water partition coefficient (Wildman–Crippen LogP) is 1.69. The van der Waals surface area contributed by atoms with Crippen LogP contribution < -0.4 is 19.5 Å². The van der Waals surface area contributed by atoms with Gasteiger partial charge in [-0.3, -0.25) is 4.79 Å². The quantitative estimate of drug-likeness (QED) is 0.774. The van der Waals surface area contributed by atoms with Crippen molar-refractivity contribution in [2.45, 2.75) is 19.3 Å². The molecule has 2 heterocycles. The van der Waals surface area contributed by atoms with E-state index < -0.39 is 11.4 Å². The van der Waals surface area contributed by atoms with E-state index in [2.05, 4.69) is 5.32 Å². The first kappa shape index (κ1) is 16.8. The van der Waals surface area contributed by atoms with E-state index in [0.29, 0.717) is 49.9 Å². The van der Waals surface area contributed by atoms with Gasteiger partial charge >= 0.3 is 12.0 Å². The molecule has 0 aromatic heterocycles. The van der Waals surface area contributed by atoms with Crippen LogP contribution in [0.25, 0.3) is 0 Å². The molecular weight excluding hydrogens is 340 g/mol. The Labute approximate surface area is 151 Å². The number of rotatable bonds is 5. The lowest BCUT2D eigenvalue weighted by Gasteiger charge is -2.23. The first-order valence-corrected chi connectivity index (χ1v) is 8.87. The minimum atomic E-state index is -0.776. The van der Waals surface area contributed by atoms with Crippen LogP contribution in [0, 0.1) is 11.3 Å². The Bertz CT molecular complexity index is 724. The van der Waals surface area contributed by atoms with Crippen LogP contribution in [0.1, 0.15) is 19.3 Å². The maximum absolute atomic E-state index is 12.3. The minimum absolute atomic E-state index is 0.0654. The van der Waals surface area contributed by atoms with Gasteiger partial charge in [0.15, 0.2) is 11.5 Å². The monoisotopic (exact) mass is 362 g/mol. The van der Waals surface area contributed by atoms with Crippen molar-refractivity contribution in [1.29, 1.82) is 0 Å². The standard InChI is InChI=1S/C18H22N2O6/c21-16(22)18-5-1-2-12(18)9-20(10-18)17(23)19-6-7-24-13-3-4-14-15(8-13)26-11-25-14/h3-4,8,12H,1-2,5-7,9-11H2,(H,19,23)(H,21,22)/t12-,18+/m0/s1. The summed E-state index contributed by atoms with van der Waals surface area (Å²) in [7, 11) is 0. The van der Waals surface area contributed by atoms with E-state index in [-0.39, 0.29) is 18.7 Å². The Morgan fingerprint density at radius 3 is 3.00 bits per heavy atom. The highest BCUT2D eigenvalue weighted by molar-refractivity contribution is 5.80. The summed E-state index contributed by atoms with van der Waals surface area (Å²) < 4.78 is 16.1. The Morgan fingerprint density at radius 1 is 1.35 bits per heavy atom. The average molecular weight is 362 g/mol. The lowest BCUT2D eigenvalue weighted by atomic mass is 9.81. The van der Waals surface area contributed by atoms with Gasteiger partial charge in [0, 0.05) is 19.2 Å². The van der Waals surface area contributed by atoms with Gasteiger partial charge in [-0.1, -0.05) is 6.42 Å². The Hall–Kier alpha value is -2.64. The summed E-state index contributed by atoms with van der Waals surface area (Å²) in [6, 6.07) is 5.09. The topological polar surface area (TPSA) is 97.3 Å². The average Bonchev–Trinajstić information content (AvgIpc) is 3.31. The Kier molecular flexibility index (Phi) is 4.26. The summed E-state index contributed by atoms with van der Waals surface area (Å²) in [6.45, 7) is 1.67. The maximum Gasteiger partial charge on any atom is 0.317 e. The van der Waals surface area contributed by atoms with Crippen LogP contribution in [-0.2, 0) is 4.79 Å². The zero-order valence-electron chi connectivity index (χ0n) is 14.4. The van der Waals surface area contributed by atoms with E-state index in [1.165, 1.54) is 0 Å². The van der Waals surface area contributed by atoms with E-state index in [9.17, 15) is 14.7 Å². The van der Waals surface area contributed by atoms with E-state index in [1.807, 2.05) is 0 Å². The van der Waals surface area contributed by atoms with Crippen molar-refractivity contribution < 1.29 is 28.9 Å². The molecular formula is C18H22N2O6. The molecule has 1 aromatic rings. The van der Waals surface area contributed by atoms with Crippen LogP contribution in [-0.4, -0.2) is 55.0 Å². The van der Waals surface area contributed by atoms with Gasteiger partial charge in [0.05, 0.1) is 12.0 Å². The van der Waals surface area contributed by atoms with Crippen LogP contribution in [0.3, 0.4) is 0 Å². The van der Waals surface area contributed by atoms with Crippen molar-refractivity contribution >= 4 is 12.0 Å². The van der Waals surface area contributed by atoms with Crippen LogP contribution in [0.2, 0.25) is 0 Å². The first-order valence-electron chi connectivity index (χ1n) is 8.87. The second-order valence-electron chi connectivity index (χ2n) is 7.03. The van der Waals surface area contributed by atoms with Crippen LogP contribution in [0.15, 0.2) is 18.2 Å². The summed E-state index contributed by atoms with van der Waals surface area (Å²) in [5, 5.41) is 12.4. The molecule has 0 bridgehead atoms. The fraction of sp³-hybridized carbons (Fsp3) is 0.556. The molecule has 1 aromatic carbocycles. The molecule has 3 aliphatic rings. The van der Waals surface area contributed by atoms with Gasteiger partial charge in [-0.25, -0.2) is 4.79 Å². The molecule has 8 nitrogen and oxygen atoms in total. The summed E-state index contributed by atoms with van der Waals surface area (Å²) >= 11 is 0. The highest BCUT2D eigenvalue weighted by Gasteiger charge is 2.55. The van der Waals surface area contributed by atoms with E-state index in [0.717, 1.165) is 12.8 Å². The van der Waals surface area contributed by atoms with Gasteiger partial charge in [0.1, 0.15) is 12.4 Å². The number of nitrogens with zero attached hydrogens (tertiary/aromatic N) is 1. The number of carboxylic acid groups (broad SMARTS) is 1. The van der Waals surface area contributed by atoms with Crippen LogP contribution in [0.5, 0.6) is 17.2 Å². The second-order valence-corrected chi connectivity index (χ2v) is 7.03. The molecule has 1 aliphatic carbocycles. The molecule has 0 radical (unpaired) electrons. The van der Waals surface area contributed by atoms with E-state index >= 15 is 0 Å². The Balaban J connectivity index is 1.24. The fourth-order valence-corrected chi connectivity index (χ4v) is 4.20. The van der Waals surface area contributed by atoms with Crippen molar-refractivity contribution in [3.05, 3.63) is 18.2 Å². The number of benzene rings is 1. The summed E-state index contributed by atoms with van der Waals surface area (Å²) in [6.07, 6.45) is 2.46. The van der Waals surface area contributed by atoms with Gasteiger partial charge in [-0.2, -0.15) is 0 Å². The van der Waals surface area contributed by atoms with Crippen molar-refractivity contribution in [3.8, 4) is 17.2 Å². The largest absolute Gasteiger partial charge is 0.492 e. The number of hydrogen-bond donors (Lipinski definition) is 2. The van der Waals surface area contributed by atoms with Gasteiger partial charge in [-0.05, 0) is 30.9 Å². The molecule has 0 spiro atoms. The number of aliphatic carboxylic acids is 1. The van der Waals surface area contributed by atoms with E-state index in [1.54, 1.807) is 23.1 Å². The summed E-state index contributed by atoms with van der Waals surface area (Å²) in [4.78, 5) is 25.6. The SMILES string of the molecule is O=C(NCCOc1ccc2c(c1)OCO2)N1C[C@@H]2CCC[C@@]2(C(=O)O)C1. The first-order chi connectivity index (χ1) is 12.6. The second kappa shape index (κ2) is 6.59. The molecule has 4 rings (SSSR count). The third kappa shape index (κ3) is 2.89. The number of ether oxygens (including phenoxy) is 3. The minimum Gasteiger partial charge on any atom is -0.492 e. The molecule has 2 N–H and O–H groups in total. The number of amides is 2. The lowest BCUT2D eigenvalue weighted by Crippen LogP contribution is -2.42. The van der Waals surface area contributed by atoms with E-state index in [4.69, 9.17) is 14.2 Å². The zero-order chi connectivity index (χ0) is 18.1. The Morgan fingerprint density at radius 2 is 2.19 bits per heavy atom. The van der Waals surface area contributed by atoms with Crippen molar-refractivity contribution in [2.75, 3.05) is 33.0 Å². The number of likely N-dealkylation sites (tertiary alicyclic amines) is 1. The third-order valence-corrected chi connectivity index (χ3v) is 5.57. The summed E-state index contributed by atoms with van der Waals surface area (Å²) in [5.41, 5.74) is -0.750. The molecule has 0 unspecified atom stereocenters. The number of hydrogen-bond acceptors (Lipinski definition) is 5. The molecule has 2 fully saturated rings. The number of carbonyl (C=O) groups excluding carboxylic acids is 1. The number of urea groups is 1. The third-order valence-electron chi connectivity index (χ3n) is 5.57. The molecule has 140 valence electrons. The van der Waals surface area contributed by atoms with Crippen LogP contribution in [0.4, 0.5) is 4.79 Å². The smallest absolute Gasteiger partial charge is 0.317 e. The molecule has 2 atom stereocenters. The number of nitrogens with one attached hydrogen (secondary N) is 1. The van der Waals surface area contributed by atoms with Gasteiger partial charge < -0.3 is 29.5 Å². The van der Waals surface area contributed by atoms with Gasteiger partial charge in [-0.15, -0.1) is 0 Å². The summed E-state index contributed by atoms with van der Waals surface area (Å²) in [5.74, 6) is 1.27. The molecule has 2 aliphatic heterocycles. The van der Waals surface area contributed by atoms with Crippen molar-refractivity contribution in [3.63, 3.8) is 0 Å². The fourth-order valence-electron chi connectivity index (χ4n) is 4.20. The highest BCUT2D eigenvalue weighted by atomic mass is 16.7. The number of fused-ring (bicyclic) bond motifs is 2. The van der Waals surface area contributed by atoms with Crippen molar-refractivity contribution in [1.82, 2.24) is 10.2 Å².